The predicted octanol–water partition coefficient (Wildman–Crippen LogP) is 18.8. The smallest absolute Gasteiger partial charge is 0.306 e. The molecule has 6 heteroatoms. The van der Waals surface area contributed by atoms with Crippen LogP contribution in [-0.2, 0) is 28.6 Å². The van der Waals surface area contributed by atoms with Gasteiger partial charge in [-0.3, -0.25) is 14.4 Å². The minimum absolute atomic E-state index is 0.0878. The van der Waals surface area contributed by atoms with Crippen LogP contribution in [-0.4, -0.2) is 37.2 Å². The molecule has 0 aromatic heterocycles. The Morgan fingerprint density at radius 3 is 1.09 bits per heavy atom. The molecule has 67 heavy (non-hydrogen) atoms. The van der Waals surface area contributed by atoms with Gasteiger partial charge in [0.25, 0.3) is 0 Å². The van der Waals surface area contributed by atoms with Crippen molar-refractivity contribution in [3.63, 3.8) is 0 Å². The van der Waals surface area contributed by atoms with E-state index < -0.39 is 6.10 Å². The average Bonchev–Trinajstić information content (AvgIpc) is 3.33. The first-order valence-electron chi connectivity index (χ1n) is 28.1. The van der Waals surface area contributed by atoms with Gasteiger partial charge in [0.1, 0.15) is 13.2 Å². The highest BCUT2D eigenvalue weighted by molar-refractivity contribution is 5.71. The number of allylic oxidation sites excluding steroid dienone is 14. The predicted molar refractivity (Wildman–Crippen MR) is 288 cm³/mol. The SMILES string of the molecule is CC\C=C/C=C\C=C/CCCCCCCC(=O)OCC(COC(=O)CCCCCCCCCCC/C=C\C/C=C\C/C=C\CC)OC(=O)CCCCCCCCC/C=C\CCCCCCCC. The van der Waals surface area contributed by atoms with Gasteiger partial charge in [-0.15, -0.1) is 0 Å². The van der Waals surface area contributed by atoms with Crippen molar-refractivity contribution in [2.75, 3.05) is 13.2 Å². The molecule has 0 rings (SSSR count). The van der Waals surface area contributed by atoms with Gasteiger partial charge in [-0.1, -0.05) is 234 Å². The van der Waals surface area contributed by atoms with Crippen molar-refractivity contribution in [1.82, 2.24) is 0 Å². The molecule has 0 heterocycles. The first kappa shape index (κ1) is 63.6. The van der Waals surface area contributed by atoms with Gasteiger partial charge in [-0.2, -0.15) is 0 Å². The highest BCUT2D eigenvalue weighted by Gasteiger charge is 2.19. The second kappa shape index (κ2) is 55.2. The molecule has 0 aliphatic rings. The van der Waals surface area contributed by atoms with Crippen molar-refractivity contribution in [1.29, 1.82) is 0 Å². The number of rotatable bonds is 50. The third-order valence-electron chi connectivity index (χ3n) is 11.9. The number of hydrogen-bond donors (Lipinski definition) is 0. The Bertz CT molecular complexity index is 1300. The molecular formula is C61H104O6. The fourth-order valence-electron chi connectivity index (χ4n) is 7.75. The molecule has 0 bridgehead atoms. The van der Waals surface area contributed by atoms with Gasteiger partial charge in [0.15, 0.2) is 6.10 Å². The lowest BCUT2D eigenvalue weighted by molar-refractivity contribution is -0.167. The third kappa shape index (κ3) is 53.4. The molecule has 0 aromatic carbocycles. The van der Waals surface area contributed by atoms with E-state index in [0.717, 1.165) is 103 Å². The summed E-state index contributed by atoms with van der Waals surface area (Å²) in [6, 6.07) is 0. The molecule has 1 atom stereocenters. The molecule has 0 aliphatic carbocycles. The van der Waals surface area contributed by atoms with Gasteiger partial charge in [0.2, 0.25) is 0 Å². The van der Waals surface area contributed by atoms with E-state index in [1.807, 2.05) is 0 Å². The summed E-state index contributed by atoms with van der Waals surface area (Å²) in [6.45, 7) is 6.38. The van der Waals surface area contributed by atoms with Gasteiger partial charge in [0.05, 0.1) is 0 Å². The van der Waals surface area contributed by atoms with Gasteiger partial charge in [-0.25, -0.2) is 0 Å². The molecule has 0 fully saturated rings. The van der Waals surface area contributed by atoms with E-state index in [9.17, 15) is 14.4 Å². The normalized spacial score (nSPS) is 12.7. The minimum atomic E-state index is -0.790. The molecule has 0 saturated carbocycles. The third-order valence-corrected chi connectivity index (χ3v) is 11.9. The first-order chi connectivity index (χ1) is 33.0. The molecule has 0 aromatic rings. The van der Waals surface area contributed by atoms with Gasteiger partial charge in [0, 0.05) is 19.3 Å². The second-order valence-electron chi connectivity index (χ2n) is 18.5. The van der Waals surface area contributed by atoms with Crippen molar-refractivity contribution in [3.8, 4) is 0 Å². The van der Waals surface area contributed by atoms with Gasteiger partial charge in [-0.05, 0) is 96.3 Å². The van der Waals surface area contributed by atoms with Crippen molar-refractivity contribution >= 4 is 17.9 Å². The molecule has 0 radical (unpaired) electrons. The summed E-state index contributed by atoms with van der Waals surface area (Å²) in [6.07, 6.45) is 71.4. The van der Waals surface area contributed by atoms with Crippen LogP contribution in [0.15, 0.2) is 85.1 Å². The van der Waals surface area contributed by atoms with E-state index in [1.165, 1.54) is 122 Å². The van der Waals surface area contributed by atoms with E-state index in [-0.39, 0.29) is 31.1 Å². The fourth-order valence-corrected chi connectivity index (χ4v) is 7.75. The lowest BCUT2D eigenvalue weighted by Crippen LogP contribution is -2.30. The minimum Gasteiger partial charge on any atom is -0.462 e. The topological polar surface area (TPSA) is 78.9 Å². The number of carbonyl (C=O) groups is 3. The van der Waals surface area contributed by atoms with E-state index in [2.05, 4.69) is 106 Å². The lowest BCUT2D eigenvalue weighted by Gasteiger charge is -2.18. The van der Waals surface area contributed by atoms with Crippen molar-refractivity contribution < 1.29 is 28.6 Å². The van der Waals surface area contributed by atoms with Crippen LogP contribution in [0.25, 0.3) is 0 Å². The Hall–Kier alpha value is -3.41. The van der Waals surface area contributed by atoms with Gasteiger partial charge >= 0.3 is 17.9 Å². The molecule has 0 spiro atoms. The zero-order chi connectivity index (χ0) is 48.6. The number of hydrogen-bond acceptors (Lipinski definition) is 6. The maximum Gasteiger partial charge on any atom is 0.306 e. The van der Waals surface area contributed by atoms with Crippen LogP contribution in [0.1, 0.15) is 265 Å². The molecule has 0 aliphatic heterocycles. The maximum absolute atomic E-state index is 12.8. The van der Waals surface area contributed by atoms with E-state index in [1.54, 1.807) is 0 Å². The summed E-state index contributed by atoms with van der Waals surface area (Å²) in [5.41, 5.74) is 0. The highest BCUT2D eigenvalue weighted by atomic mass is 16.6. The average molecular weight is 933 g/mol. The van der Waals surface area contributed by atoms with Crippen LogP contribution in [0.2, 0.25) is 0 Å². The van der Waals surface area contributed by atoms with Crippen LogP contribution in [0, 0.1) is 0 Å². The Kier molecular flexibility index (Phi) is 52.4. The number of ether oxygens (including phenoxy) is 3. The highest BCUT2D eigenvalue weighted by Crippen LogP contribution is 2.15. The molecular weight excluding hydrogens is 829 g/mol. The van der Waals surface area contributed by atoms with Crippen LogP contribution in [0.5, 0.6) is 0 Å². The number of carbonyl (C=O) groups excluding carboxylic acids is 3. The molecule has 384 valence electrons. The summed E-state index contributed by atoms with van der Waals surface area (Å²) in [5.74, 6) is -0.914. The Labute approximate surface area is 414 Å². The Morgan fingerprint density at radius 1 is 0.328 bits per heavy atom. The summed E-state index contributed by atoms with van der Waals surface area (Å²) < 4.78 is 16.8. The Morgan fingerprint density at radius 2 is 0.657 bits per heavy atom. The van der Waals surface area contributed by atoms with Crippen LogP contribution in [0.4, 0.5) is 0 Å². The standard InChI is InChI=1S/C61H104O6/c1-4-7-10-13-16-19-22-25-27-29-30-32-33-36-39-42-45-48-51-54-60(63)66-57-58(56-65-59(62)53-50-47-44-41-38-35-24-21-18-15-12-9-6-3)67-61(64)55-52-49-46-43-40-37-34-31-28-26-23-20-17-14-11-8-5-2/h7,9-10,12,15-16,18-19,21,24-28,58H,4-6,8,11,13-14,17,20,22-23,29-57H2,1-3H3/b10-7-,12-9-,18-15-,19-16-,24-21-,27-25-,28-26-. The second-order valence-corrected chi connectivity index (χ2v) is 18.5. The summed E-state index contributed by atoms with van der Waals surface area (Å²) in [7, 11) is 0. The zero-order valence-corrected chi connectivity index (χ0v) is 43.9. The summed E-state index contributed by atoms with van der Waals surface area (Å²) in [5, 5.41) is 0. The van der Waals surface area contributed by atoms with Crippen LogP contribution in [0.3, 0.4) is 0 Å². The summed E-state index contributed by atoms with van der Waals surface area (Å²) >= 11 is 0. The number of esters is 3. The van der Waals surface area contributed by atoms with Crippen LogP contribution < -0.4 is 0 Å². The molecule has 1 unspecified atom stereocenters. The lowest BCUT2D eigenvalue weighted by atomic mass is 10.1. The Balaban J connectivity index is 4.39. The van der Waals surface area contributed by atoms with Gasteiger partial charge < -0.3 is 14.2 Å². The van der Waals surface area contributed by atoms with Crippen molar-refractivity contribution in [2.24, 2.45) is 0 Å². The summed E-state index contributed by atoms with van der Waals surface area (Å²) in [4.78, 5) is 38.1. The van der Waals surface area contributed by atoms with Crippen molar-refractivity contribution in [3.05, 3.63) is 85.1 Å². The molecule has 0 saturated heterocycles. The van der Waals surface area contributed by atoms with E-state index in [0.29, 0.717) is 19.3 Å². The first-order valence-corrected chi connectivity index (χ1v) is 28.1. The molecule has 0 N–H and O–H groups in total. The fraction of sp³-hybridized carbons (Fsp3) is 0.721. The van der Waals surface area contributed by atoms with E-state index in [4.69, 9.17) is 14.2 Å². The van der Waals surface area contributed by atoms with E-state index >= 15 is 0 Å². The van der Waals surface area contributed by atoms with Crippen molar-refractivity contribution in [2.45, 2.75) is 271 Å². The monoisotopic (exact) mass is 933 g/mol. The molecule has 0 amide bonds. The largest absolute Gasteiger partial charge is 0.462 e. The van der Waals surface area contributed by atoms with Crippen LogP contribution >= 0.6 is 0 Å². The molecule has 6 nitrogen and oxygen atoms in total. The maximum atomic E-state index is 12.8. The zero-order valence-electron chi connectivity index (χ0n) is 43.9. The quantitative estimate of drug-likeness (QED) is 0.0199. The number of unbranched alkanes of at least 4 members (excludes halogenated alkanes) is 27.